The molecule has 0 aliphatic heterocycles. The molecule has 0 spiro atoms. The first-order chi connectivity index (χ1) is 11.5. The van der Waals surface area contributed by atoms with E-state index in [-0.39, 0.29) is 5.78 Å². The first-order valence-electron chi connectivity index (χ1n) is 7.21. The molecule has 1 N–H and O–H groups in total. The largest absolute Gasteiger partial charge is 0.494 e. The summed E-state index contributed by atoms with van der Waals surface area (Å²) in [5.41, 5.74) is -0.903. The van der Waals surface area contributed by atoms with Crippen LogP contribution in [0.25, 0.3) is 0 Å². The number of aromatic nitrogens is 2. The monoisotopic (exact) mass is 332 g/mol. The van der Waals surface area contributed by atoms with Gasteiger partial charge in [0, 0.05) is 17.8 Å². The summed E-state index contributed by atoms with van der Waals surface area (Å²) in [6.45, 7) is 1.54. The summed E-state index contributed by atoms with van der Waals surface area (Å²) in [5.74, 6) is -0.493. The number of H-pyrrole nitrogens is 1. The number of nitrogens with one attached hydrogen (secondary N) is 1. The molecule has 2 rings (SSSR count). The van der Waals surface area contributed by atoms with Crippen molar-refractivity contribution in [2.45, 2.75) is 13.5 Å². The van der Waals surface area contributed by atoms with Crippen molar-refractivity contribution in [1.29, 1.82) is 0 Å². The number of hydrogen-bond donors (Lipinski definition) is 1. The number of ether oxygens (including phenoxy) is 2. The number of Topliss-reactive ketones (excluding diaryl/α,β-unsaturated/α-hetero) is 1. The first kappa shape index (κ1) is 17.2. The predicted octanol–water partition coefficient (Wildman–Crippen LogP) is 0.361. The van der Waals surface area contributed by atoms with Gasteiger partial charge in [-0.05, 0) is 31.2 Å². The fourth-order valence-electron chi connectivity index (χ4n) is 1.89. The predicted molar refractivity (Wildman–Crippen MR) is 84.2 cm³/mol. The Morgan fingerprint density at radius 1 is 1.12 bits per heavy atom. The third-order valence-corrected chi connectivity index (χ3v) is 3.05. The lowest BCUT2D eigenvalue weighted by Crippen LogP contribution is -2.31. The highest BCUT2D eigenvalue weighted by Crippen LogP contribution is 2.12. The molecule has 0 radical (unpaired) electrons. The van der Waals surface area contributed by atoms with Crippen molar-refractivity contribution in [3.8, 4) is 5.75 Å². The summed E-state index contributed by atoms with van der Waals surface area (Å²) < 4.78 is 11.1. The Balaban J connectivity index is 1.89. The van der Waals surface area contributed by atoms with E-state index in [1.54, 1.807) is 24.3 Å². The summed E-state index contributed by atoms with van der Waals surface area (Å²) >= 11 is 0. The second-order valence-electron chi connectivity index (χ2n) is 4.78. The number of rotatable bonds is 7. The van der Waals surface area contributed by atoms with E-state index in [0.29, 0.717) is 17.9 Å². The average Bonchev–Trinajstić information content (AvgIpc) is 2.56. The van der Waals surface area contributed by atoms with E-state index in [9.17, 15) is 19.2 Å². The standard InChI is InChI=1S/C16H16N2O6/c1-2-23-12-5-3-11(4-6-12)13(19)10-24-15(21)9-18-8-7-14(20)17-16(18)22/h3-8H,2,9-10H2,1H3,(H,17,20,22). The van der Waals surface area contributed by atoms with Crippen LogP contribution in [0.5, 0.6) is 5.75 Å². The van der Waals surface area contributed by atoms with Gasteiger partial charge in [0.25, 0.3) is 5.56 Å². The highest BCUT2D eigenvalue weighted by atomic mass is 16.5. The molecule has 0 aliphatic rings. The maximum absolute atomic E-state index is 11.9. The molecule has 0 bridgehead atoms. The Hall–Kier alpha value is -3.16. The van der Waals surface area contributed by atoms with Crippen molar-refractivity contribution >= 4 is 11.8 Å². The van der Waals surface area contributed by atoms with Gasteiger partial charge in [0.1, 0.15) is 12.3 Å². The normalized spacial score (nSPS) is 10.2. The van der Waals surface area contributed by atoms with Crippen LogP contribution in [0.3, 0.4) is 0 Å². The third kappa shape index (κ3) is 4.67. The van der Waals surface area contributed by atoms with E-state index in [2.05, 4.69) is 0 Å². The lowest BCUT2D eigenvalue weighted by atomic mass is 10.1. The van der Waals surface area contributed by atoms with Gasteiger partial charge in [0.05, 0.1) is 6.61 Å². The minimum atomic E-state index is -0.761. The molecule has 1 aromatic heterocycles. The minimum Gasteiger partial charge on any atom is -0.494 e. The van der Waals surface area contributed by atoms with Crippen LogP contribution in [-0.2, 0) is 16.1 Å². The summed E-state index contributed by atoms with van der Waals surface area (Å²) in [4.78, 5) is 48.0. The quantitative estimate of drug-likeness (QED) is 0.579. The number of carbonyl (C=O) groups is 2. The van der Waals surface area contributed by atoms with Gasteiger partial charge in [-0.25, -0.2) is 4.79 Å². The molecule has 126 valence electrons. The number of ketones is 1. The van der Waals surface area contributed by atoms with Gasteiger partial charge >= 0.3 is 11.7 Å². The minimum absolute atomic E-state index is 0.375. The highest BCUT2D eigenvalue weighted by Gasteiger charge is 2.11. The van der Waals surface area contributed by atoms with Gasteiger partial charge in [0.15, 0.2) is 12.4 Å². The molecule has 0 saturated carbocycles. The molecule has 2 aromatic rings. The van der Waals surface area contributed by atoms with Crippen LogP contribution in [-0.4, -0.2) is 34.5 Å². The van der Waals surface area contributed by atoms with E-state index in [1.165, 1.54) is 6.20 Å². The number of benzene rings is 1. The van der Waals surface area contributed by atoms with Gasteiger partial charge in [-0.15, -0.1) is 0 Å². The van der Waals surface area contributed by atoms with Gasteiger partial charge < -0.3 is 9.47 Å². The molecule has 8 nitrogen and oxygen atoms in total. The molecular formula is C16H16N2O6. The van der Waals surface area contributed by atoms with Gasteiger partial charge in [0.2, 0.25) is 0 Å². The molecule has 0 unspecified atom stereocenters. The third-order valence-electron chi connectivity index (χ3n) is 3.05. The van der Waals surface area contributed by atoms with E-state index in [1.807, 2.05) is 11.9 Å². The number of hydrogen-bond acceptors (Lipinski definition) is 6. The van der Waals surface area contributed by atoms with Crippen LogP contribution < -0.4 is 16.0 Å². The fourth-order valence-corrected chi connectivity index (χ4v) is 1.89. The zero-order chi connectivity index (χ0) is 17.5. The molecule has 0 saturated heterocycles. The Morgan fingerprint density at radius 3 is 2.46 bits per heavy atom. The van der Waals surface area contributed by atoms with Gasteiger partial charge in [-0.3, -0.25) is 23.9 Å². The first-order valence-corrected chi connectivity index (χ1v) is 7.21. The molecular weight excluding hydrogens is 316 g/mol. The Bertz CT molecular complexity index is 835. The summed E-state index contributed by atoms with van der Waals surface area (Å²) in [6, 6.07) is 7.57. The van der Waals surface area contributed by atoms with Gasteiger partial charge in [-0.2, -0.15) is 0 Å². The highest BCUT2D eigenvalue weighted by molar-refractivity contribution is 5.98. The van der Waals surface area contributed by atoms with Crippen molar-refractivity contribution in [3.05, 3.63) is 62.9 Å². The summed E-state index contributed by atoms with van der Waals surface area (Å²) in [6.07, 6.45) is 1.18. The van der Waals surface area contributed by atoms with Crippen LogP contribution in [0.2, 0.25) is 0 Å². The zero-order valence-corrected chi connectivity index (χ0v) is 13.0. The van der Waals surface area contributed by atoms with E-state index >= 15 is 0 Å². The molecule has 24 heavy (non-hydrogen) atoms. The molecule has 1 aromatic carbocycles. The van der Waals surface area contributed by atoms with Crippen molar-refractivity contribution in [1.82, 2.24) is 9.55 Å². The van der Waals surface area contributed by atoms with Crippen molar-refractivity contribution in [2.75, 3.05) is 13.2 Å². The molecule has 1 heterocycles. The van der Waals surface area contributed by atoms with Crippen LogP contribution in [0.1, 0.15) is 17.3 Å². The van der Waals surface area contributed by atoms with E-state index in [0.717, 1.165) is 10.6 Å². The van der Waals surface area contributed by atoms with Crippen molar-refractivity contribution < 1.29 is 19.1 Å². The summed E-state index contributed by atoms with van der Waals surface area (Å²) in [7, 11) is 0. The van der Waals surface area contributed by atoms with Gasteiger partial charge in [-0.1, -0.05) is 0 Å². The van der Waals surface area contributed by atoms with E-state index < -0.39 is 30.4 Å². The number of aromatic amines is 1. The molecule has 0 atom stereocenters. The number of esters is 1. The Morgan fingerprint density at radius 2 is 1.83 bits per heavy atom. The number of nitrogens with zero attached hydrogens (tertiary/aromatic N) is 1. The second kappa shape index (κ2) is 7.91. The van der Waals surface area contributed by atoms with Crippen LogP contribution in [0, 0.1) is 0 Å². The molecule has 8 heteroatoms. The average molecular weight is 332 g/mol. The maximum Gasteiger partial charge on any atom is 0.328 e. The lowest BCUT2D eigenvalue weighted by Gasteiger charge is -2.07. The van der Waals surface area contributed by atoms with Crippen molar-refractivity contribution in [3.63, 3.8) is 0 Å². The van der Waals surface area contributed by atoms with Crippen LogP contribution in [0.4, 0.5) is 0 Å². The SMILES string of the molecule is CCOc1ccc(C(=O)COC(=O)Cn2ccc(=O)[nH]c2=O)cc1. The fraction of sp³-hybridized carbons (Fsp3) is 0.250. The van der Waals surface area contributed by atoms with Crippen molar-refractivity contribution in [2.24, 2.45) is 0 Å². The molecule has 0 fully saturated rings. The topological polar surface area (TPSA) is 107 Å². The zero-order valence-electron chi connectivity index (χ0n) is 13.0. The molecule has 0 aliphatic carbocycles. The van der Waals surface area contributed by atoms with Crippen LogP contribution in [0.15, 0.2) is 46.1 Å². The second-order valence-corrected chi connectivity index (χ2v) is 4.78. The maximum atomic E-state index is 11.9. The summed E-state index contributed by atoms with van der Waals surface area (Å²) in [5, 5.41) is 0. The van der Waals surface area contributed by atoms with E-state index in [4.69, 9.17) is 9.47 Å². The Labute approximate surface area is 136 Å². The Kier molecular flexibility index (Phi) is 5.67. The number of carbonyl (C=O) groups excluding carboxylic acids is 2. The smallest absolute Gasteiger partial charge is 0.328 e. The lowest BCUT2D eigenvalue weighted by molar-refractivity contribution is -0.143. The van der Waals surface area contributed by atoms with Crippen LogP contribution >= 0.6 is 0 Å². The molecule has 0 amide bonds.